The maximum absolute atomic E-state index is 4.15. The van der Waals surface area contributed by atoms with Crippen molar-refractivity contribution >= 4 is 0 Å². The molecule has 0 spiro atoms. The molecule has 0 aliphatic carbocycles. The van der Waals surface area contributed by atoms with E-state index in [0.29, 0.717) is 0 Å². The Morgan fingerprint density at radius 2 is 1.93 bits per heavy atom. The number of aryl methyl sites for hydroxylation is 1. The molecule has 2 saturated heterocycles. The van der Waals surface area contributed by atoms with Crippen LogP contribution in [0.4, 0.5) is 0 Å². The van der Waals surface area contributed by atoms with E-state index >= 15 is 0 Å². The van der Waals surface area contributed by atoms with Crippen molar-refractivity contribution < 1.29 is 0 Å². The van der Waals surface area contributed by atoms with Crippen LogP contribution in [0, 0.1) is 0 Å². The van der Waals surface area contributed by atoms with Crippen LogP contribution < -0.4 is 0 Å². The lowest BCUT2D eigenvalue weighted by atomic mass is 10.0. The SMILES string of the molecule is Cn1cnnc1CN1C2CCC1CC2. The smallest absolute Gasteiger partial charge is 0.146 e. The van der Waals surface area contributed by atoms with E-state index in [9.17, 15) is 0 Å². The lowest BCUT2D eigenvalue weighted by molar-refractivity contribution is 0.235. The number of hydrogen-bond acceptors (Lipinski definition) is 3. The molecule has 3 heterocycles. The number of nitrogens with zero attached hydrogens (tertiary/aromatic N) is 4. The third-order valence-corrected chi connectivity index (χ3v) is 3.73. The highest BCUT2D eigenvalue weighted by molar-refractivity contribution is 4.97. The molecule has 2 bridgehead atoms. The van der Waals surface area contributed by atoms with Crippen LogP contribution in [-0.4, -0.2) is 31.7 Å². The zero-order chi connectivity index (χ0) is 9.54. The van der Waals surface area contributed by atoms with Gasteiger partial charge in [0.25, 0.3) is 0 Å². The van der Waals surface area contributed by atoms with Crippen molar-refractivity contribution in [2.75, 3.05) is 0 Å². The standard InChI is InChI=1S/C10H16N4/c1-13-7-11-12-10(13)6-14-8-2-3-9(14)5-4-8/h7-9H,2-6H2,1H3. The molecule has 0 amide bonds. The van der Waals surface area contributed by atoms with Gasteiger partial charge >= 0.3 is 0 Å². The minimum absolute atomic E-state index is 0.830. The van der Waals surface area contributed by atoms with Crippen LogP contribution in [0.25, 0.3) is 0 Å². The van der Waals surface area contributed by atoms with Crippen LogP contribution in [0.3, 0.4) is 0 Å². The highest BCUT2D eigenvalue weighted by Gasteiger charge is 2.39. The molecule has 2 fully saturated rings. The first-order valence-electron chi connectivity index (χ1n) is 5.43. The van der Waals surface area contributed by atoms with E-state index in [0.717, 1.165) is 24.5 Å². The Bertz CT molecular complexity index is 313. The Morgan fingerprint density at radius 1 is 1.29 bits per heavy atom. The maximum atomic E-state index is 4.15. The second-order valence-corrected chi connectivity index (χ2v) is 4.49. The molecule has 0 saturated carbocycles. The normalized spacial score (nSPS) is 31.5. The van der Waals surface area contributed by atoms with Gasteiger partial charge in [-0.15, -0.1) is 10.2 Å². The molecule has 0 atom stereocenters. The van der Waals surface area contributed by atoms with Gasteiger partial charge in [-0.25, -0.2) is 0 Å². The first-order valence-corrected chi connectivity index (χ1v) is 5.43. The minimum atomic E-state index is 0.830. The summed E-state index contributed by atoms with van der Waals surface area (Å²) in [4.78, 5) is 2.62. The van der Waals surface area contributed by atoms with Crippen LogP contribution >= 0.6 is 0 Å². The van der Waals surface area contributed by atoms with Crippen molar-refractivity contribution in [3.05, 3.63) is 12.2 Å². The maximum Gasteiger partial charge on any atom is 0.146 e. The topological polar surface area (TPSA) is 34.0 Å². The molecular weight excluding hydrogens is 176 g/mol. The molecule has 1 aromatic heterocycles. The van der Waals surface area contributed by atoms with E-state index < -0.39 is 0 Å². The van der Waals surface area contributed by atoms with Gasteiger partial charge in [0.2, 0.25) is 0 Å². The zero-order valence-electron chi connectivity index (χ0n) is 8.56. The summed E-state index contributed by atoms with van der Waals surface area (Å²) in [6, 6.07) is 1.66. The van der Waals surface area contributed by atoms with Crippen LogP contribution in [0.5, 0.6) is 0 Å². The highest BCUT2D eigenvalue weighted by Crippen LogP contribution is 2.37. The van der Waals surface area contributed by atoms with Gasteiger partial charge in [0.1, 0.15) is 12.2 Å². The summed E-state index contributed by atoms with van der Waals surface area (Å²) in [5, 5.41) is 8.07. The van der Waals surface area contributed by atoms with E-state index in [1.807, 2.05) is 11.6 Å². The summed E-state index contributed by atoms with van der Waals surface area (Å²) in [5.41, 5.74) is 0. The second kappa shape index (κ2) is 3.05. The number of fused-ring (bicyclic) bond motifs is 2. The molecule has 0 N–H and O–H groups in total. The monoisotopic (exact) mass is 192 g/mol. The van der Waals surface area contributed by atoms with Crippen LogP contribution in [0.1, 0.15) is 31.5 Å². The van der Waals surface area contributed by atoms with Gasteiger partial charge in [0.05, 0.1) is 6.54 Å². The first-order chi connectivity index (χ1) is 6.84. The lowest BCUT2D eigenvalue weighted by Crippen LogP contribution is -2.29. The fourth-order valence-corrected chi connectivity index (χ4v) is 2.89. The largest absolute Gasteiger partial charge is 0.320 e. The third kappa shape index (κ3) is 1.17. The number of aromatic nitrogens is 3. The highest BCUT2D eigenvalue weighted by atomic mass is 15.3. The summed E-state index contributed by atoms with van der Waals surface area (Å²) in [6.07, 6.45) is 7.35. The molecule has 0 radical (unpaired) electrons. The van der Waals surface area contributed by atoms with Crippen molar-refractivity contribution in [3.8, 4) is 0 Å². The predicted octanol–water partition coefficient (Wildman–Crippen LogP) is 0.942. The number of rotatable bonds is 2. The van der Waals surface area contributed by atoms with Crippen molar-refractivity contribution in [2.24, 2.45) is 7.05 Å². The predicted molar refractivity (Wildman–Crippen MR) is 52.6 cm³/mol. The Hall–Kier alpha value is -0.900. The molecule has 0 aromatic carbocycles. The van der Waals surface area contributed by atoms with E-state index in [-0.39, 0.29) is 0 Å². The van der Waals surface area contributed by atoms with Gasteiger partial charge in [-0.05, 0) is 25.7 Å². The first kappa shape index (κ1) is 8.41. The van der Waals surface area contributed by atoms with Crippen molar-refractivity contribution in [3.63, 3.8) is 0 Å². The van der Waals surface area contributed by atoms with Crippen LogP contribution in [-0.2, 0) is 13.6 Å². The summed E-state index contributed by atoms with van der Waals surface area (Å²) < 4.78 is 2.03. The average molecular weight is 192 g/mol. The average Bonchev–Trinajstić information content (AvgIpc) is 2.86. The molecule has 2 aliphatic rings. The van der Waals surface area contributed by atoms with Gasteiger partial charge in [-0.3, -0.25) is 4.90 Å². The molecule has 1 aromatic rings. The van der Waals surface area contributed by atoms with E-state index in [2.05, 4.69) is 15.1 Å². The van der Waals surface area contributed by atoms with Crippen molar-refractivity contribution in [1.82, 2.24) is 19.7 Å². The molecule has 14 heavy (non-hydrogen) atoms. The molecule has 0 unspecified atom stereocenters. The Labute approximate surface area is 83.9 Å². The molecule has 4 heteroatoms. The quantitative estimate of drug-likeness (QED) is 0.699. The van der Waals surface area contributed by atoms with E-state index in [1.54, 1.807) is 6.33 Å². The minimum Gasteiger partial charge on any atom is -0.320 e. The fourth-order valence-electron chi connectivity index (χ4n) is 2.89. The summed E-state index contributed by atoms with van der Waals surface area (Å²) in [5.74, 6) is 1.10. The van der Waals surface area contributed by atoms with Gasteiger partial charge < -0.3 is 4.57 Å². The van der Waals surface area contributed by atoms with Crippen LogP contribution in [0.2, 0.25) is 0 Å². The summed E-state index contributed by atoms with van der Waals surface area (Å²) in [7, 11) is 2.02. The third-order valence-electron chi connectivity index (χ3n) is 3.73. The molecule has 2 aliphatic heterocycles. The molecule has 76 valence electrons. The lowest BCUT2D eigenvalue weighted by Gasteiger charge is -2.20. The van der Waals surface area contributed by atoms with Gasteiger partial charge in [-0.1, -0.05) is 0 Å². The van der Waals surface area contributed by atoms with E-state index in [4.69, 9.17) is 0 Å². The Kier molecular flexibility index (Phi) is 1.83. The van der Waals surface area contributed by atoms with Gasteiger partial charge in [0, 0.05) is 19.1 Å². The van der Waals surface area contributed by atoms with Crippen LogP contribution in [0.15, 0.2) is 6.33 Å². The Balaban J connectivity index is 1.76. The van der Waals surface area contributed by atoms with Crippen molar-refractivity contribution in [1.29, 1.82) is 0 Å². The molecule has 3 rings (SSSR count). The fraction of sp³-hybridized carbons (Fsp3) is 0.800. The zero-order valence-corrected chi connectivity index (χ0v) is 8.56. The van der Waals surface area contributed by atoms with Gasteiger partial charge in [0.15, 0.2) is 0 Å². The summed E-state index contributed by atoms with van der Waals surface area (Å²) in [6.45, 7) is 0.992. The Morgan fingerprint density at radius 3 is 2.43 bits per heavy atom. The van der Waals surface area contributed by atoms with E-state index in [1.165, 1.54) is 25.7 Å². The van der Waals surface area contributed by atoms with Crippen molar-refractivity contribution in [2.45, 2.75) is 44.3 Å². The van der Waals surface area contributed by atoms with Gasteiger partial charge in [-0.2, -0.15) is 0 Å². The molecule has 4 nitrogen and oxygen atoms in total. The summed E-state index contributed by atoms with van der Waals surface area (Å²) >= 11 is 0. The second-order valence-electron chi connectivity index (χ2n) is 4.49. The molecular formula is C10H16N4. The number of hydrogen-bond donors (Lipinski definition) is 0.